The Bertz CT molecular complexity index is 740. The van der Waals surface area contributed by atoms with Gasteiger partial charge in [-0.3, -0.25) is 4.68 Å². The summed E-state index contributed by atoms with van der Waals surface area (Å²) in [6, 6.07) is 3.10. The Kier molecular flexibility index (Phi) is 5.33. The maximum absolute atomic E-state index is 13.8. The lowest BCUT2D eigenvalue weighted by molar-refractivity contribution is 0.0525. The van der Waals surface area contributed by atoms with E-state index in [-0.39, 0.29) is 10.7 Å². The molecule has 2 aromatic rings. The predicted octanol–water partition coefficient (Wildman–Crippen LogP) is 3.45. The number of rotatable bonds is 4. The molecule has 0 spiro atoms. The molecule has 1 aromatic carbocycles. The van der Waals surface area contributed by atoms with Crippen LogP contribution in [0.25, 0.3) is 11.1 Å². The number of hydrogen-bond acceptors (Lipinski definition) is 4. The minimum Gasteiger partial charge on any atom is -0.444 e. The Labute approximate surface area is 144 Å². The number of aromatic nitrogens is 2. The van der Waals surface area contributed by atoms with Crippen molar-refractivity contribution < 1.29 is 13.9 Å². The van der Waals surface area contributed by atoms with Crippen LogP contribution in [0.2, 0.25) is 5.02 Å². The van der Waals surface area contributed by atoms with Gasteiger partial charge in [0.15, 0.2) is 5.82 Å². The summed E-state index contributed by atoms with van der Waals surface area (Å²) in [5.41, 5.74) is 6.11. The molecule has 0 radical (unpaired) electrons. The molecule has 8 heteroatoms. The van der Waals surface area contributed by atoms with Crippen molar-refractivity contribution in [2.45, 2.75) is 32.9 Å². The number of carbonyl (C=O) groups is 1. The van der Waals surface area contributed by atoms with E-state index in [2.05, 4.69) is 10.4 Å². The summed E-state index contributed by atoms with van der Waals surface area (Å²) < 4.78 is 20.5. The quantitative estimate of drug-likeness (QED) is 0.824. The summed E-state index contributed by atoms with van der Waals surface area (Å²) in [6.07, 6.45) is 2.80. The lowest BCUT2D eigenvalue weighted by Crippen LogP contribution is -2.34. The molecule has 0 unspecified atom stereocenters. The van der Waals surface area contributed by atoms with E-state index in [0.717, 1.165) is 0 Å². The third-order valence-corrected chi connectivity index (χ3v) is 3.44. The van der Waals surface area contributed by atoms with E-state index in [4.69, 9.17) is 22.1 Å². The maximum Gasteiger partial charge on any atom is 0.407 e. The molecule has 1 heterocycles. The number of halogens is 2. The van der Waals surface area contributed by atoms with Gasteiger partial charge in [0.05, 0.1) is 23.5 Å². The summed E-state index contributed by atoms with van der Waals surface area (Å²) in [7, 11) is 0. The number of nitrogens with two attached hydrogens (primary N) is 1. The van der Waals surface area contributed by atoms with Crippen LogP contribution in [-0.2, 0) is 11.3 Å². The van der Waals surface area contributed by atoms with Gasteiger partial charge >= 0.3 is 6.09 Å². The van der Waals surface area contributed by atoms with Crippen molar-refractivity contribution in [3.63, 3.8) is 0 Å². The van der Waals surface area contributed by atoms with Crippen LogP contribution in [0.5, 0.6) is 0 Å². The standard InChI is InChI=1S/C16H20ClFN4O2/c1-16(2,3)24-15(23)20-6-7-22-9-10(8-21-22)11-4-5-12(19)14(18)13(11)17/h4-5,8-9H,6-7,19H2,1-3H3,(H,20,23). The van der Waals surface area contributed by atoms with Crippen LogP contribution in [0.4, 0.5) is 14.9 Å². The summed E-state index contributed by atoms with van der Waals surface area (Å²) in [4.78, 5) is 11.6. The van der Waals surface area contributed by atoms with Crippen LogP contribution in [0.3, 0.4) is 0 Å². The molecule has 0 atom stereocenters. The predicted molar refractivity (Wildman–Crippen MR) is 91.3 cm³/mol. The Morgan fingerprint density at radius 1 is 1.46 bits per heavy atom. The van der Waals surface area contributed by atoms with Gasteiger partial charge in [0.1, 0.15) is 5.60 Å². The molecule has 0 saturated carbocycles. The van der Waals surface area contributed by atoms with Crippen molar-refractivity contribution in [2.75, 3.05) is 12.3 Å². The van der Waals surface area contributed by atoms with E-state index >= 15 is 0 Å². The van der Waals surface area contributed by atoms with Gasteiger partial charge in [-0.25, -0.2) is 9.18 Å². The van der Waals surface area contributed by atoms with Crippen LogP contribution in [0, 0.1) is 5.82 Å². The van der Waals surface area contributed by atoms with Crippen LogP contribution in [-0.4, -0.2) is 28.0 Å². The first-order chi connectivity index (χ1) is 11.2. The van der Waals surface area contributed by atoms with Gasteiger partial charge in [0.25, 0.3) is 0 Å². The van der Waals surface area contributed by atoms with Gasteiger partial charge < -0.3 is 15.8 Å². The highest BCUT2D eigenvalue weighted by molar-refractivity contribution is 6.33. The number of nitrogens with zero attached hydrogens (tertiary/aromatic N) is 2. The Hall–Kier alpha value is -2.28. The number of alkyl carbamates (subject to hydrolysis) is 1. The zero-order chi connectivity index (χ0) is 17.9. The first-order valence-electron chi connectivity index (χ1n) is 7.40. The van der Waals surface area contributed by atoms with Gasteiger partial charge in [-0.15, -0.1) is 0 Å². The van der Waals surface area contributed by atoms with E-state index < -0.39 is 17.5 Å². The number of nitrogen functional groups attached to an aromatic ring is 1. The van der Waals surface area contributed by atoms with Crippen molar-refractivity contribution in [2.24, 2.45) is 0 Å². The second kappa shape index (κ2) is 7.09. The molecule has 0 aliphatic carbocycles. The number of benzene rings is 1. The van der Waals surface area contributed by atoms with E-state index in [1.165, 1.54) is 6.07 Å². The molecule has 0 aliphatic heterocycles. The highest BCUT2D eigenvalue weighted by Gasteiger charge is 2.16. The molecule has 0 aliphatic rings. The van der Waals surface area contributed by atoms with Crippen molar-refractivity contribution >= 4 is 23.4 Å². The normalized spacial score (nSPS) is 11.4. The largest absolute Gasteiger partial charge is 0.444 e. The van der Waals surface area contributed by atoms with E-state index in [1.54, 1.807) is 43.9 Å². The summed E-state index contributed by atoms with van der Waals surface area (Å²) >= 11 is 5.98. The smallest absolute Gasteiger partial charge is 0.407 e. The van der Waals surface area contributed by atoms with Gasteiger partial charge in [-0.1, -0.05) is 17.7 Å². The van der Waals surface area contributed by atoms with Crippen LogP contribution < -0.4 is 11.1 Å². The zero-order valence-electron chi connectivity index (χ0n) is 13.8. The molecule has 130 valence electrons. The third-order valence-electron chi connectivity index (χ3n) is 3.07. The van der Waals surface area contributed by atoms with E-state index in [9.17, 15) is 9.18 Å². The number of hydrogen-bond donors (Lipinski definition) is 2. The lowest BCUT2D eigenvalue weighted by Gasteiger charge is -2.19. The fourth-order valence-corrected chi connectivity index (χ4v) is 2.28. The Morgan fingerprint density at radius 3 is 2.83 bits per heavy atom. The highest BCUT2D eigenvalue weighted by atomic mass is 35.5. The second-order valence-electron chi connectivity index (χ2n) is 6.25. The fraction of sp³-hybridized carbons (Fsp3) is 0.375. The van der Waals surface area contributed by atoms with Crippen LogP contribution >= 0.6 is 11.6 Å². The number of ether oxygens (including phenoxy) is 1. The minimum absolute atomic E-state index is 0.00213. The SMILES string of the molecule is CC(C)(C)OC(=O)NCCn1cc(-c2ccc(N)c(F)c2Cl)cn1. The summed E-state index contributed by atoms with van der Waals surface area (Å²) in [5, 5.41) is 6.77. The first kappa shape index (κ1) is 18.1. The Morgan fingerprint density at radius 2 is 2.17 bits per heavy atom. The molecule has 0 bridgehead atoms. The molecule has 1 aromatic heterocycles. The van der Waals surface area contributed by atoms with Crippen molar-refractivity contribution in [1.82, 2.24) is 15.1 Å². The number of amides is 1. The second-order valence-corrected chi connectivity index (χ2v) is 6.63. The van der Waals surface area contributed by atoms with Gasteiger partial charge in [-0.05, 0) is 26.8 Å². The highest BCUT2D eigenvalue weighted by Crippen LogP contribution is 2.32. The maximum atomic E-state index is 13.8. The van der Waals surface area contributed by atoms with Crippen LogP contribution in [0.15, 0.2) is 24.5 Å². The lowest BCUT2D eigenvalue weighted by atomic mass is 10.1. The number of anilines is 1. The van der Waals surface area contributed by atoms with Gasteiger partial charge in [0.2, 0.25) is 0 Å². The summed E-state index contributed by atoms with van der Waals surface area (Å²) in [6.45, 7) is 6.17. The van der Waals surface area contributed by atoms with Crippen LogP contribution in [0.1, 0.15) is 20.8 Å². The molecule has 1 amide bonds. The summed E-state index contributed by atoms with van der Waals surface area (Å²) in [5.74, 6) is -0.645. The average Bonchev–Trinajstić information content (AvgIpc) is 2.91. The van der Waals surface area contributed by atoms with E-state index in [1.807, 2.05) is 0 Å². The zero-order valence-corrected chi connectivity index (χ0v) is 14.5. The van der Waals surface area contributed by atoms with E-state index in [0.29, 0.717) is 24.2 Å². The third kappa shape index (κ3) is 4.61. The van der Waals surface area contributed by atoms with Crippen molar-refractivity contribution in [3.8, 4) is 11.1 Å². The van der Waals surface area contributed by atoms with Gasteiger partial charge in [-0.2, -0.15) is 5.10 Å². The number of carbonyl (C=O) groups excluding carboxylic acids is 1. The molecular weight excluding hydrogens is 335 g/mol. The molecule has 2 rings (SSSR count). The van der Waals surface area contributed by atoms with Crippen molar-refractivity contribution in [1.29, 1.82) is 0 Å². The molecule has 6 nitrogen and oxygen atoms in total. The molecule has 3 N–H and O–H groups in total. The fourth-order valence-electron chi connectivity index (χ4n) is 2.00. The van der Waals surface area contributed by atoms with Crippen molar-refractivity contribution in [3.05, 3.63) is 35.4 Å². The van der Waals surface area contributed by atoms with Gasteiger partial charge in [0, 0.05) is 23.9 Å². The molecule has 0 fully saturated rings. The molecule has 24 heavy (non-hydrogen) atoms. The Balaban J connectivity index is 1.97. The monoisotopic (exact) mass is 354 g/mol. The first-order valence-corrected chi connectivity index (χ1v) is 7.78. The minimum atomic E-state index is -0.645. The number of nitrogens with one attached hydrogen (secondary N) is 1. The molecule has 0 saturated heterocycles. The topological polar surface area (TPSA) is 82.2 Å². The molecular formula is C16H20ClFN4O2. The average molecular weight is 355 g/mol.